The van der Waals surface area contributed by atoms with Crippen molar-refractivity contribution in [2.45, 2.75) is 116 Å². The highest BCUT2D eigenvalue weighted by molar-refractivity contribution is 5.97. The second-order valence-corrected chi connectivity index (χ2v) is 13.5. The molecule has 1 atom stereocenters. The van der Waals surface area contributed by atoms with Gasteiger partial charge in [-0.3, -0.25) is 0 Å². The molecule has 0 radical (unpaired) electrons. The molecule has 10 heteroatoms. The Morgan fingerprint density at radius 1 is 0.519 bits per heavy atom. The average Bonchev–Trinajstić information content (AvgIpc) is 3.16. The zero-order chi connectivity index (χ0) is 38.8. The molecule has 1 unspecified atom stereocenters. The summed E-state index contributed by atoms with van der Waals surface area (Å²) >= 11 is 0. The van der Waals surface area contributed by atoms with Gasteiger partial charge in [-0.05, 0) is 103 Å². The summed E-state index contributed by atoms with van der Waals surface area (Å²) in [7, 11) is 0. The quantitative estimate of drug-likeness (QED) is 0.0449. The van der Waals surface area contributed by atoms with E-state index in [-0.39, 0.29) is 23.3 Å². The Balaban J connectivity index is 1.25. The monoisotopic (exact) mass is 748 g/mol. The smallest absolute Gasteiger partial charge is 0.425 e. The van der Waals surface area contributed by atoms with Gasteiger partial charge in [-0.15, -0.1) is 0 Å². The zero-order valence-electron chi connectivity index (χ0n) is 31.3. The number of alkyl halides is 3. The molecule has 4 aromatic rings. The van der Waals surface area contributed by atoms with Gasteiger partial charge in [0, 0.05) is 0 Å². The molecule has 0 aliphatic carbocycles. The van der Waals surface area contributed by atoms with E-state index in [4.69, 9.17) is 18.9 Å². The third kappa shape index (κ3) is 13.8. The molecule has 0 amide bonds. The van der Waals surface area contributed by atoms with Crippen molar-refractivity contribution in [2.24, 2.45) is 0 Å². The van der Waals surface area contributed by atoms with Gasteiger partial charge in [0.2, 0.25) is 0 Å². The van der Waals surface area contributed by atoms with Crippen molar-refractivity contribution in [1.82, 2.24) is 0 Å². The molecule has 290 valence electrons. The number of halogens is 3. The van der Waals surface area contributed by atoms with Crippen LogP contribution in [0.5, 0.6) is 17.2 Å². The van der Waals surface area contributed by atoms with Crippen molar-refractivity contribution >= 4 is 28.7 Å². The molecule has 0 fully saturated rings. The largest absolute Gasteiger partial charge is 0.494 e. The Morgan fingerprint density at radius 2 is 0.981 bits per heavy atom. The number of carbonyl (C=O) groups excluding carboxylic acids is 3. The van der Waals surface area contributed by atoms with Gasteiger partial charge in [-0.25, -0.2) is 14.4 Å². The number of unbranched alkanes of at least 4 members (excludes halogenated alkanes) is 11. The van der Waals surface area contributed by atoms with Crippen LogP contribution in [0.25, 0.3) is 10.8 Å². The molecule has 7 nitrogen and oxygen atoms in total. The Morgan fingerprint density at radius 3 is 1.61 bits per heavy atom. The second kappa shape index (κ2) is 21.7. The van der Waals surface area contributed by atoms with Crippen LogP contribution in [0, 0.1) is 0 Å². The lowest BCUT2D eigenvalue weighted by molar-refractivity contribution is -0.206. The van der Waals surface area contributed by atoms with Gasteiger partial charge in [0.05, 0.1) is 23.3 Å². The summed E-state index contributed by atoms with van der Waals surface area (Å²) in [5.74, 6) is -1.14. The van der Waals surface area contributed by atoms with E-state index in [1.54, 1.807) is 60.7 Å². The lowest BCUT2D eigenvalue weighted by Crippen LogP contribution is -2.33. The molecule has 4 aromatic carbocycles. The van der Waals surface area contributed by atoms with Gasteiger partial charge in [-0.2, -0.15) is 13.2 Å². The van der Waals surface area contributed by atoms with Crippen LogP contribution in [-0.4, -0.2) is 36.8 Å². The summed E-state index contributed by atoms with van der Waals surface area (Å²) in [6.07, 6.45) is 6.13. The topological polar surface area (TPSA) is 88.1 Å². The van der Waals surface area contributed by atoms with Gasteiger partial charge >= 0.3 is 24.1 Å². The minimum Gasteiger partial charge on any atom is -0.494 e. The molecule has 0 N–H and O–H groups in total. The van der Waals surface area contributed by atoms with E-state index in [1.807, 2.05) is 0 Å². The number of hydrogen-bond donors (Lipinski definition) is 0. The molecule has 0 aliphatic rings. The van der Waals surface area contributed by atoms with Crippen molar-refractivity contribution in [2.75, 3.05) is 6.61 Å². The molecule has 0 spiro atoms. The van der Waals surface area contributed by atoms with Crippen LogP contribution >= 0.6 is 0 Å². The van der Waals surface area contributed by atoms with Gasteiger partial charge in [0.1, 0.15) is 17.2 Å². The van der Waals surface area contributed by atoms with Gasteiger partial charge < -0.3 is 18.9 Å². The lowest BCUT2D eigenvalue weighted by Gasteiger charge is -2.20. The summed E-state index contributed by atoms with van der Waals surface area (Å²) < 4.78 is 62.4. The normalized spacial score (nSPS) is 11.9. The third-order valence-corrected chi connectivity index (χ3v) is 9.10. The van der Waals surface area contributed by atoms with E-state index in [2.05, 4.69) is 13.8 Å². The molecule has 0 aromatic heterocycles. The third-order valence-electron chi connectivity index (χ3n) is 9.10. The van der Waals surface area contributed by atoms with Crippen LogP contribution in [0.4, 0.5) is 13.2 Å². The minimum atomic E-state index is -4.67. The lowest BCUT2D eigenvalue weighted by atomic mass is 10.1. The average molecular weight is 749 g/mol. The van der Waals surface area contributed by atoms with E-state index in [9.17, 15) is 27.6 Å². The van der Waals surface area contributed by atoms with Gasteiger partial charge in [0.15, 0.2) is 6.10 Å². The Labute approximate surface area is 316 Å². The molecular formula is C44H51F3O7. The first-order valence-corrected chi connectivity index (χ1v) is 19.2. The predicted molar refractivity (Wildman–Crippen MR) is 203 cm³/mol. The highest BCUT2D eigenvalue weighted by atomic mass is 19.4. The Bertz CT molecular complexity index is 1770. The molecule has 0 saturated carbocycles. The van der Waals surface area contributed by atoms with E-state index in [1.165, 1.54) is 56.4 Å². The maximum Gasteiger partial charge on any atom is 0.425 e. The summed E-state index contributed by atoms with van der Waals surface area (Å²) in [5.41, 5.74) is 0.539. The molecule has 0 saturated heterocycles. The van der Waals surface area contributed by atoms with Gasteiger partial charge in [-0.1, -0.05) is 96.6 Å². The minimum absolute atomic E-state index is 0.0886. The van der Waals surface area contributed by atoms with Crippen LogP contribution in [0.2, 0.25) is 0 Å². The van der Waals surface area contributed by atoms with Crippen LogP contribution in [-0.2, 0) is 4.74 Å². The molecule has 0 bridgehead atoms. The number of fused-ring (bicyclic) bond motifs is 1. The predicted octanol–water partition coefficient (Wildman–Crippen LogP) is 12.2. The first-order valence-electron chi connectivity index (χ1n) is 19.2. The maximum atomic E-state index is 13.6. The first-order chi connectivity index (χ1) is 26.1. The first kappa shape index (κ1) is 41.9. The Hall–Kier alpha value is -4.86. The molecule has 0 heterocycles. The number of esters is 3. The number of rotatable bonds is 22. The fourth-order valence-electron chi connectivity index (χ4n) is 5.94. The van der Waals surface area contributed by atoms with Crippen LogP contribution < -0.4 is 14.2 Å². The van der Waals surface area contributed by atoms with Crippen molar-refractivity contribution in [3.05, 3.63) is 102 Å². The fraction of sp³-hybridized carbons (Fsp3) is 0.432. The van der Waals surface area contributed by atoms with E-state index in [0.717, 1.165) is 43.9 Å². The van der Waals surface area contributed by atoms with E-state index >= 15 is 0 Å². The van der Waals surface area contributed by atoms with E-state index < -0.39 is 30.2 Å². The summed E-state index contributed by atoms with van der Waals surface area (Å²) in [4.78, 5) is 38.3. The Kier molecular flexibility index (Phi) is 16.9. The molecule has 0 aliphatic heterocycles. The van der Waals surface area contributed by atoms with Crippen molar-refractivity contribution in [3.63, 3.8) is 0 Å². The van der Waals surface area contributed by atoms with Crippen molar-refractivity contribution in [1.29, 1.82) is 0 Å². The number of benzene rings is 4. The standard InChI is InChI=1S/C44H51F3O7/c1-3-5-7-9-11-13-15-29-51-37-24-19-32(20-25-37)41(48)53-39-28-23-34-30-36(18-17-35(34)31-39)43(50)52-38-26-21-33(22-27-38)42(49)54-40(44(45,46)47)16-14-12-10-8-6-4-2/h17-28,30-31,40H,3-16,29H2,1-2H3. The molecule has 54 heavy (non-hydrogen) atoms. The number of hydrogen-bond acceptors (Lipinski definition) is 7. The molecular weight excluding hydrogens is 697 g/mol. The summed E-state index contributed by atoms with van der Waals surface area (Å²) in [6, 6.07) is 21.9. The molecule has 4 rings (SSSR count). The maximum absolute atomic E-state index is 13.6. The highest BCUT2D eigenvalue weighted by Crippen LogP contribution is 2.29. The van der Waals surface area contributed by atoms with Crippen LogP contribution in [0.1, 0.15) is 135 Å². The number of ether oxygens (including phenoxy) is 4. The fourth-order valence-corrected chi connectivity index (χ4v) is 5.94. The summed E-state index contributed by atoms with van der Waals surface area (Å²) in [6.45, 7) is 4.91. The zero-order valence-corrected chi connectivity index (χ0v) is 31.3. The van der Waals surface area contributed by atoms with Crippen molar-refractivity contribution < 1.29 is 46.5 Å². The van der Waals surface area contributed by atoms with Crippen LogP contribution in [0.15, 0.2) is 84.9 Å². The van der Waals surface area contributed by atoms with Crippen molar-refractivity contribution in [3.8, 4) is 17.2 Å². The van der Waals surface area contributed by atoms with E-state index in [0.29, 0.717) is 41.9 Å². The van der Waals surface area contributed by atoms with Gasteiger partial charge in [0.25, 0.3) is 0 Å². The summed E-state index contributed by atoms with van der Waals surface area (Å²) in [5, 5.41) is 1.42. The second-order valence-electron chi connectivity index (χ2n) is 13.5. The number of carbonyl (C=O) groups is 3. The SMILES string of the molecule is CCCCCCCCCOc1ccc(C(=O)Oc2ccc3cc(C(=O)Oc4ccc(C(=O)OC(CCCCCCCC)C(F)(F)F)cc4)ccc3c2)cc1. The highest BCUT2D eigenvalue weighted by Gasteiger charge is 2.42. The van der Waals surface area contributed by atoms with Crippen LogP contribution in [0.3, 0.4) is 0 Å².